The van der Waals surface area contributed by atoms with Crippen LogP contribution in [0.4, 0.5) is 8.78 Å². The number of nitrogens with zero attached hydrogens (tertiary/aromatic N) is 1. The minimum Gasteiger partial charge on any atom is -0.369 e. The fraction of sp³-hybridized carbons (Fsp3) is 0.391. The summed E-state index contributed by atoms with van der Waals surface area (Å²) in [7, 11) is -3.71. The summed E-state index contributed by atoms with van der Waals surface area (Å²) in [4.78, 5) is 11.7. The van der Waals surface area contributed by atoms with Gasteiger partial charge in [-0.1, -0.05) is 30.3 Å². The Balaban J connectivity index is 1.92. The number of amides is 1. The quantitative estimate of drug-likeness (QED) is 0.658. The predicted molar refractivity (Wildman–Crippen MR) is 116 cm³/mol. The molecule has 2 aromatic rings. The number of nitrogens with two attached hydrogens (primary N) is 1. The van der Waals surface area contributed by atoms with Gasteiger partial charge in [-0.05, 0) is 43.0 Å². The third-order valence-corrected chi connectivity index (χ3v) is 8.67. The highest BCUT2D eigenvalue weighted by atomic mass is 32.2. The van der Waals surface area contributed by atoms with Crippen LogP contribution >= 0.6 is 0 Å². The highest BCUT2D eigenvalue weighted by Gasteiger charge is 2.42. The minimum atomic E-state index is -3.71. The maximum atomic E-state index is 14.9. The van der Waals surface area contributed by atoms with E-state index in [4.69, 9.17) is 11.0 Å². The topological polar surface area (TPSA) is 113 Å². The first kappa shape index (κ1) is 23.8. The van der Waals surface area contributed by atoms with E-state index in [1.807, 2.05) is 6.07 Å². The van der Waals surface area contributed by atoms with E-state index in [1.165, 1.54) is 0 Å². The molecule has 1 unspecified atom stereocenters. The van der Waals surface area contributed by atoms with Gasteiger partial charge in [0.1, 0.15) is 11.6 Å². The molecule has 1 amide bonds. The number of benzene rings is 2. The van der Waals surface area contributed by atoms with Gasteiger partial charge >= 0.3 is 0 Å². The van der Waals surface area contributed by atoms with Crippen LogP contribution in [0.25, 0.3) is 0 Å². The van der Waals surface area contributed by atoms with Gasteiger partial charge < -0.3 is 11.1 Å². The van der Waals surface area contributed by atoms with Gasteiger partial charge in [-0.25, -0.2) is 17.2 Å². The first-order valence-electron chi connectivity index (χ1n) is 10.3. The van der Waals surface area contributed by atoms with E-state index < -0.39 is 49.8 Å². The van der Waals surface area contributed by atoms with Crippen molar-refractivity contribution in [3.63, 3.8) is 0 Å². The number of primary amides is 1. The van der Waals surface area contributed by atoms with Crippen molar-refractivity contribution in [2.75, 3.05) is 6.54 Å². The molecule has 170 valence electrons. The highest BCUT2D eigenvalue weighted by molar-refractivity contribution is 7.92. The Bertz CT molecular complexity index is 1130. The third-order valence-electron chi connectivity index (χ3n) is 6.02. The Morgan fingerprint density at radius 1 is 1.25 bits per heavy atom. The molecule has 1 aliphatic rings. The Morgan fingerprint density at radius 3 is 2.56 bits per heavy atom. The fourth-order valence-corrected chi connectivity index (χ4v) is 6.57. The molecule has 0 aliphatic carbocycles. The lowest BCUT2D eigenvalue weighted by Gasteiger charge is -2.35. The van der Waals surface area contributed by atoms with Crippen LogP contribution in [0.5, 0.6) is 0 Å². The van der Waals surface area contributed by atoms with E-state index in [0.717, 1.165) is 12.1 Å². The molecule has 2 aromatic carbocycles. The first-order valence-corrected chi connectivity index (χ1v) is 11.9. The second-order valence-electron chi connectivity index (χ2n) is 8.04. The molecule has 3 rings (SSSR count). The minimum absolute atomic E-state index is 0.0295. The number of rotatable bonds is 7. The van der Waals surface area contributed by atoms with Crippen LogP contribution in [0.3, 0.4) is 0 Å². The number of nitrogens with one attached hydrogen (secondary N) is 1. The number of carbonyl (C=O) groups is 1. The zero-order valence-corrected chi connectivity index (χ0v) is 18.4. The molecule has 0 aromatic heterocycles. The van der Waals surface area contributed by atoms with Crippen molar-refractivity contribution in [3.8, 4) is 6.07 Å². The number of hydrogen-bond acceptors (Lipinski definition) is 5. The summed E-state index contributed by atoms with van der Waals surface area (Å²) in [5, 5.41) is 10.2. The van der Waals surface area contributed by atoms with Crippen LogP contribution in [0.15, 0.2) is 42.5 Å². The van der Waals surface area contributed by atoms with Crippen molar-refractivity contribution < 1.29 is 22.0 Å². The molecule has 9 heteroatoms. The summed E-state index contributed by atoms with van der Waals surface area (Å²) in [6, 6.07) is 12.0. The van der Waals surface area contributed by atoms with E-state index in [0.29, 0.717) is 5.56 Å². The SMILES string of the molecule is C[C@@H]1NC[C@@H](c2ccccc2)S(=O)(=O)C1Cc1cc(F)c([C@@H](CCC#N)C(N)=O)cc1F. The van der Waals surface area contributed by atoms with E-state index in [1.54, 1.807) is 37.3 Å². The van der Waals surface area contributed by atoms with Crippen molar-refractivity contribution in [2.24, 2.45) is 5.73 Å². The molecule has 1 heterocycles. The molecule has 0 spiro atoms. The predicted octanol–water partition coefficient (Wildman–Crippen LogP) is 2.90. The normalized spacial score (nSPS) is 23.2. The van der Waals surface area contributed by atoms with Crippen LogP contribution in [0, 0.1) is 23.0 Å². The number of sulfone groups is 1. The van der Waals surface area contributed by atoms with Crippen molar-refractivity contribution in [2.45, 2.75) is 48.6 Å². The van der Waals surface area contributed by atoms with Crippen LogP contribution < -0.4 is 11.1 Å². The second kappa shape index (κ2) is 9.76. The van der Waals surface area contributed by atoms with Gasteiger partial charge in [-0.2, -0.15) is 5.26 Å². The van der Waals surface area contributed by atoms with Crippen LogP contribution in [-0.2, 0) is 21.1 Å². The smallest absolute Gasteiger partial charge is 0.225 e. The summed E-state index contributed by atoms with van der Waals surface area (Å²) >= 11 is 0. The summed E-state index contributed by atoms with van der Waals surface area (Å²) in [6.07, 6.45) is -0.290. The Morgan fingerprint density at radius 2 is 1.94 bits per heavy atom. The van der Waals surface area contributed by atoms with Crippen LogP contribution in [-0.4, -0.2) is 32.2 Å². The Labute approximate surface area is 186 Å². The third kappa shape index (κ3) is 4.81. The maximum absolute atomic E-state index is 14.9. The fourth-order valence-electron chi connectivity index (χ4n) is 4.21. The molecule has 0 saturated carbocycles. The van der Waals surface area contributed by atoms with Gasteiger partial charge in [0.25, 0.3) is 0 Å². The van der Waals surface area contributed by atoms with Gasteiger partial charge in [-0.3, -0.25) is 4.79 Å². The van der Waals surface area contributed by atoms with Crippen LogP contribution in [0.2, 0.25) is 0 Å². The molecule has 4 atom stereocenters. The lowest BCUT2D eigenvalue weighted by molar-refractivity contribution is -0.119. The van der Waals surface area contributed by atoms with Gasteiger partial charge in [0.05, 0.1) is 22.5 Å². The van der Waals surface area contributed by atoms with E-state index >= 15 is 0 Å². The summed E-state index contributed by atoms with van der Waals surface area (Å²) in [5.41, 5.74) is 5.63. The molecule has 3 N–H and O–H groups in total. The summed E-state index contributed by atoms with van der Waals surface area (Å²) < 4.78 is 56.5. The summed E-state index contributed by atoms with van der Waals surface area (Å²) in [6.45, 7) is 1.94. The molecule has 6 nitrogen and oxygen atoms in total. The zero-order valence-electron chi connectivity index (χ0n) is 17.6. The lowest BCUT2D eigenvalue weighted by atomic mass is 9.91. The van der Waals surface area contributed by atoms with E-state index in [-0.39, 0.29) is 36.9 Å². The number of nitriles is 1. The van der Waals surface area contributed by atoms with Crippen molar-refractivity contribution in [1.82, 2.24) is 5.32 Å². The van der Waals surface area contributed by atoms with Gasteiger partial charge in [-0.15, -0.1) is 0 Å². The number of hydrogen-bond donors (Lipinski definition) is 2. The largest absolute Gasteiger partial charge is 0.369 e. The first-order chi connectivity index (χ1) is 15.2. The van der Waals surface area contributed by atoms with Crippen LogP contribution in [0.1, 0.15) is 47.6 Å². The van der Waals surface area contributed by atoms with E-state index in [2.05, 4.69) is 5.32 Å². The number of halogens is 2. The Kier molecular flexibility index (Phi) is 7.26. The van der Waals surface area contributed by atoms with E-state index in [9.17, 15) is 22.0 Å². The summed E-state index contributed by atoms with van der Waals surface area (Å²) in [5.74, 6) is -3.66. The average molecular weight is 462 g/mol. The molecule has 1 saturated heterocycles. The van der Waals surface area contributed by atoms with Crippen molar-refractivity contribution in [1.29, 1.82) is 5.26 Å². The van der Waals surface area contributed by atoms with Gasteiger partial charge in [0.15, 0.2) is 9.84 Å². The number of carbonyl (C=O) groups excluding carboxylic acids is 1. The van der Waals surface area contributed by atoms with Gasteiger partial charge in [0.2, 0.25) is 5.91 Å². The maximum Gasteiger partial charge on any atom is 0.225 e. The zero-order chi connectivity index (χ0) is 23.5. The van der Waals surface area contributed by atoms with Gasteiger partial charge in [0, 0.05) is 24.6 Å². The molecule has 0 radical (unpaired) electrons. The Hall–Kier alpha value is -2.83. The van der Waals surface area contributed by atoms with Crippen molar-refractivity contribution in [3.05, 3.63) is 70.8 Å². The molecular weight excluding hydrogens is 436 g/mol. The second-order valence-corrected chi connectivity index (χ2v) is 10.4. The highest BCUT2D eigenvalue weighted by Crippen LogP contribution is 2.34. The molecule has 0 bridgehead atoms. The molecule has 1 aliphatic heterocycles. The van der Waals surface area contributed by atoms with Crippen molar-refractivity contribution >= 4 is 15.7 Å². The molecular formula is C23H25F2N3O3S. The average Bonchev–Trinajstić information content (AvgIpc) is 2.74. The monoisotopic (exact) mass is 461 g/mol. The standard InChI is InChI=1S/C23H25F2N3O3S/c1-14-21(32(30,31)22(13-28-14)15-6-3-2-4-7-15)11-16-10-20(25)18(12-19(16)24)17(23(27)29)8-5-9-26/h2-4,6-7,10,12,14,17,21-22,28H,5,8,11,13H2,1H3,(H2,27,29)/t14-,17+,21?,22-/m0/s1. The molecule has 32 heavy (non-hydrogen) atoms. The molecule has 1 fully saturated rings. The lowest BCUT2D eigenvalue weighted by Crippen LogP contribution is -2.53.